The molecule has 1 aromatic heterocycles. The van der Waals surface area contributed by atoms with Gasteiger partial charge in [-0.2, -0.15) is 0 Å². The largest absolute Gasteiger partial charge is 0.396 e. The van der Waals surface area contributed by atoms with E-state index in [-0.39, 0.29) is 0 Å². The average molecular weight is 221 g/mol. The van der Waals surface area contributed by atoms with Gasteiger partial charge in [0.05, 0.1) is 24.9 Å². The summed E-state index contributed by atoms with van der Waals surface area (Å²) in [5.74, 6) is 0.903. The van der Waals surface area contributed by atoms with Gasteiger partial charge < -0.3 is 15.4 Å². The van der Waals surface area contributed by atoms with E-state index in [2.05, 4.69) is 16.8 Å². The first-order valence-corrected chi connectivity index (χ1v) is 5.79. The van der Waals surface area contributed by atoms with Gasteiger partial charge in [-0.05, 0) is 25.0 Å². The zero-order valence-electron chi connectivity index (χ0n) is 9.94. The fraction of sp³-hybridized carbons (Fsp3) is 0.583. The molecule has 1 atom stereocenters. The number of rotatable bonds is 2. The molecule has 1 fully saturated rings. The van der Waals surface area contributed by atoms with Crippen LogP contribution in [0.3, 0.4) is 0 Å². The first kappa shape index (κ1) is 11.2. The zero-order chi connectivity index (χ0) is 11.5. The van der Waals surface area contributed by atoms with Gasteiger partial charge in [0.25, 0.3) is 0 Å². The quantitative estimate of drug-likeness (QED) is 0.824. The third-order valence-electron chi connectivity index (χ3n) is 3.00. The van der Waals surface area contributed by atoms with Gasteiger partial charge in [-0.15, -0.1) is 0 Å². The van der Waals surface area contributed by atoms with E-state index >= 15 is 0 Å². The van der Waals surface area contributed by atoms with Crippen molar-refractivity contribution in [2.45, 2.75) is 26.3 Å². The van der Waals surface area contributed by atoms with Gasteiger partial charge >= 0.3 is 0 Å². The molecule has 2 rings (SSSR count). The summed E-state index contributed by atoms with van der Waals surface area (Å²) in [5, 5.41) is 0. The Balaban J connectivity index is 2.27. The Labute approximate surface area is 96.4 Å². The molecule has 0 aromatic carbocycles. The second-order valence-electron chi connectivity index (χ2n) is 4.26. The predicted molar refractivity (Wildman–Crippen MR) is 65.6 cm³/mol. The topological polar surface area (TPSA) is 51.4 Å². The lowest BCUT2D eigenvalue weighted by atomic mass is 10.1. The molecule has 1 aliphatic rings. The summed E-state index contributed by atoms with van der Waals surface area (Å²) < 4.78 is 5.48. The van der Waals surface area contributed by atoms with Crippen LogP contribution in [0.2, 0.25) is 0 Å². The van der Waals surface area contributed by atoms with Gasteiger partial charge in [-0.1, -0.05) is 6.92 Å². The lowest BCUT2D eigenvalue weighted by Crippen LogP contribution is -2.45. The van der Waals surface area contributed by atoms with Gasteiger partial charge in [-0.25, -0.2) is 4.98 Å². The average Bonchev–Trinajstić information content (AvgIpc) is 2.29. The van der Waals surface area contributed by atoms with Crippen molar-refractivity contribution in [1.82, 2.24) is 4.98 Å². The minimum atomic E-state index is 0.395. The minimum absolute atomic E-state index is 0.395. The highest BCUT2D eigenvalue weighted by atomic mass is 16.5. The van der Waals surface area contributed by atoms with Crippen LogP contribution in [0.1, 0.15) is 18.9 Å². The molecule has 0 bridgehead atoms. The monoisotopic (exact) mass is 221 g/mol. The van der Waals surface area contributed by atoms with E-state index in [1.165, 1.54) is 0 Å². The molecule has 2 heterocycles. The molecular weight excluding hydrogens is 202 g/mol. The molecule has 0 aliphatic carbocycles. The minimum Gasteiger partial charge on any atom is -0.396 e. The second-order valence-corrected chi connectivity index (χ2v) is 4.26. The third-order valence-corrected chi connectivity index (χ3v) is 3.00. The maximum absolute atomic E-state index is 6.02. The van der Waals surface area contributed by atoms with Crippen LogP contribution in [0.5, 0.6) is 0 Å². The van der Waals surface area contributed by atoms with Crippen molar-refractivity contribution in [3.05, 3.63) is 17.8 Å². The van der Waals surface area contributed by atoms with Gasteiger partial charge in [-0.3, -0.25) is 0 Å². The molecular formula is C12H19N3O. The number of nitrogens with two attached hydrogens (primary N) is 1. The molecule has 1 aliphatic heterocycles. The SMILES string of the molecule is CCC1COCCN1c1ncc(C)cc1N. The molecule has 88 valence electrons. The summed E-state index contributed by atoms with van der Waals surface area (Å²) in [6, 6.07) is 2.37. The van der Waals surface area contributed by atoms with Crippen molar-refractivity contribution in [2.75, 3.05) is 30.4 Å². The summed E-state index contributed by atoms with van der Waals surface area (Å²) >= 11 is 0. The molecule has 2 N–H and O–H groups in total. The zero-order valence-corrected chi connectivity index (χ0v) is 9.94. The molecule has 4 nitrogen and oxygen atoms in total. The number of hydrogen-bond acceptors (Lipinski definition) is 4. The van der Waals surface area contributed by atoms with Crippen molar-refractivity contribution in [3.8, 4) is 0 Å². The molecule has 0 radical (unpaired) electrons. The van der Waals surface area contributed by atoms with Crippen LogP contribution < -0.4 is 10.6 Å². The van der Waals surface area contributed by atoms with Crippen molar-refractivity contribution >= 4 is 11.5 Å². The van der Waals surface area contributed by atoms with Crippen LogP contribution in [0.15, 0.2) is 12.3 Å². The van der Waals surface area contributed by atoms with Gasteiger partial charge in [0, 0.05) is 12.7 Å². The number of ether oxygens (including phenoxy) is 1. The molecule has 4 heteroatoms. The fourth-order valence-electron chi connectivity index (χ4n) is 2.10. The molecule has 16 heavy (non-hydrogen) atoms. The summed E-state index contributed by atoms with van der Waals surface area (Å²) in [4.78, 5) is 6.71. The van der Waals surface area contributed by atoms with Gasteiger partial charge in [0.15, 0.2) is 5.82 Å². The molecule has 1 saturated heterocycles. The standard InChI is InChI=1S/C12H19N3O/c1-3-10-8-16-5-4-15(10)12-11(13)6-9(2)7-14-12/h6-7,10H,3-5,8,13H2,1-2H3. The Morgan fingerprint density at radius 3 is 3.12 bits per heavy atom. The molecule has 0 amide bonds. The number of pyridine rings is 1. The normalized spacial score (nSPS) is 21.1. The molecule has 1 aromatic rings. The van der Waals surface area contributed by atoms with Crippen molar-refractivity contribution in [3.63, 3.8) is 0 Å². The summed E-state index contributed by atoms with van der Waals surface area (Å²) in [6.45, 7) is 6.57. The van der Waals surface area contributed by atoms with Crippen molar-refractivity contribution < 1.29 is 4.74 Å². The van der Waals surface area contributed by atoms with Gasteiger partial charge in [0.1, 0.15) is 0 Å². The highest BCUT2D eigenvalue weighted by Crippen LogP contribution is 2.25. The van der Waals surface area contributed by atoms with E-state index in [0.717, 1.165) is 43.2 Å². The van der Waals surface area contributed by atoms with Crippen LogP contribution in [0.4, 0.5) is 11.5 Å². The van der Waals surface area contributed by atoms with E-state index in [4.69, 9.17) is 10.5 Å². The third kappa shape index (κ3) is 2.11. The van der Waals surface area contributed by atoms with E-state index in [9.17, 15) is 0 Å². The highest BCUT2D eigenvalue weighted by Gasteiger charge is 2.23. The van der Waals surface area contributed by atoms with Crippen molar-refractivity contribution in [1.29, 1.82) is 0 Å². The number of aromatic nitrogens is 1. The maximum Gasteiger partial charge on any atom is 0.152 e. The Morgan fingerprint density at radius 2 is 2.44 bits per heavy atom. The number of nitrogen functional groups attached to an aromatic ring is 1. The van der Waals surface area contributed by atoms with Crippen LogP contribution in [-0.4, -0.2) is 30.8 Å². The van der Waals surface area contributed by atoms with Crippen LogP contribution >= 0.6 is 0 Å². The molecule has 0 saturated carbocycles. The Kier molecular flexibility index (Phi) is 3.29. The lowest BCUT2D eigenvalue weighted by Gasteiger charge is -2.36. The van der Waals surface area contributed by atoms with Crippen molar-refractivity contribution in [2.24, 2.45) is 0 Å². The summed E-state index contributed by atoms with van der Waals surface area (Å²) in [7, 11) is 0. The summed E-state index contributed by atoms with van der Waals surface area (Å²) in [6.07, 6.45) is 2.92. The smallest absolute Gasteiger partial charge is 0.152 e. The van der Waals surface area contributed by atoms with Crippen LogP contribution in [-0.2, 0) is 4.74 Å². The second kappa shape index (κ2) is 4.70. The molecule has 1 unspecified atom stereocenters. The highest BCUT2D eigenvalue weighted by molar-refractivity contribution is 5.64. The van der Waals surface area contributed by atoms with Gasteiger partial charge in [0.2, 0.25) is 0 Å². The van der Waals surface area contributed by atoms with E-state index in [1.54, 1.807) is 0 Å². The Hall–Kier alpha value is -1.29. The number of aryl methyl sites for hydroxylation is 1. The fourth-order valence-corrected chi connectivity index (χ4v) is 2.10. The van der Waals surface area contributed by atoms with E-state index < -0.39 is 0 Å². The number of morpholine rings is 1. The maximum atomic E-state index is 6.02. The van der Waals surface area contributed by atoms with Crippen LogP contribution in [0, 0.1) is 6.92 Å². The van der Waals surface area contributed by atoms with E-state index in [1.807, 2.05) is 19.2 Å². The van der Waals surface area contributed by atoms with Crippen LogP contribution in [0.25, 0.3) is 0 Å². The predicted octanol–water partition coefficient (Wildman–Crippen LogP) is 1.59. The van der Waals surface area contributed by atoms with E-state index in [0.29, 0.717) is 6.04 Å². The summed E-state index contributed by atoms with van der Waals surface area (Å²) in [5.41, 5.74) is 7.89. The number of anilines is 2. The number of nitrogens with zero attached hydrogens (tertiary/aromatic N) is 2. The number of hydrogen-bond donors (Lipinski definition) is 1. The lowest BCUT2D eigenvalue weighted by molar-refractivity contribution is 0.0926. The Bertz CT molecular complexity index is 367. The first-order valence-electron chi connectivity index (χ1n) is 5.79. The first-order chi connectivity index (χ1) is 7.72. The Morgan fingerprint density at radius 1 is 1.62 bits per heavy atom. The molecule has 0 spiro atoms.